The summed E-state index contributed by atoms with van der Waals surface area (Å²) in [6, 6.07) is 0. The van der Waals surface area contributed by atoms with E-state index in [1.165, 1.54) is 6.08 Å². The first kappa shape index (κ1) is 15.5. The number of nitrogens with one attached hydrogen (secondary N) is 1. The summed E-state index contributed by atoms with van der Waals surface area (Å²) in [5, 5.41) is 10.7. The van der Waals surface area contributed by atoms with Crippen molar-refractivity contribution in [1.29, 1.82) is 0 Å². The Bertz CT molecular complexity index is 327. The zero-order valence-corrected chi connectivity index (χ0v) is 10.5. The average Bonchev–Trinajstić information content (AvgIpc) is 2.33. The number of aliphatic hydroxyl groups is 1. The molecule has 7 nitrogen and oxygen atoms in total. The minimum absolute atomic E-state index is 0.0390. The van der Waals surface area contributed by atoms with Crippen molar-refractivity contribution in [3.05, 3.63) is 11.8 Å². The normalized spacial score (nSPS) is 11.7. The zero-order chi connectivity index (χ0) is 13.3. The Morgan fingerprint density at radius 3 is 2.59 bits per heavy atom. The second-order valence-electron chi connectivity index (χ2n) is 2.76. The SMILES string of the molecule is CCOC(=O)N/C(=C\C[P+](=O)CO)C(=O)OC. The van der Waals surface area contributed by atoms with Crippen molar-refractivity contribution in [2.75, 3.05) is 26.2 Å². The molecule has 1 amide bonds. The number of methoxy groups -OCH3 is 1. The first-order valence-corrected chi connectivity index (χ1v) is 6.43. The highest BCUT2D eigenvalue weighted by atomic mass is 31.1. The van der Waals surface area contributed by atoms with Crippen LogP contribution >= 0.6 is 7.80 Å². The lowest BCUT2D eigenvalue weighted by molar-refractivity contribution is -0.136. The van der Waals surface area contributed by atoms with Crippen molar-refractivity contribution in [2.45, 2.75) is 6.92 Å². The number of hydrogen-bond donors (Lipinski definition) is 2. The van der Waals surface area contributed by atoms with Crippen molar-refractivity contribution in [2.24, 2.45) is 0 Å². The molecule has 0 rings (SSSR count). The smallest absolute Gasteiger partial charge is 0.411 e. The van der Waals surface area contributed by atoms with Gasteiger partial charge in [0.15, 0.2) is 6.16 Å². The number of rotatable bonds is 6. The Morgan fingerprint density at radius 2 is 2.12 bits per heavy atom. The van der Waals surface area contributed by atoms with Gasteiger partial charge in [0.25, 0.3) is 0 Å². The molecular weight excluding hydrogens is 249 g/mol. The minimum atomic E-state index is -1.84. The third kappa shape index (κ3) is 6.65. The van der Waals surface area contributed by atoms with Crippen molar-refractivity contribution < 1.29 is 28.7 Å². The molecule has 0 aromatic carbocycles. The third-order valence-corrected chi connectivity index (χ3v) is 2.48. The molecule has 0 fully saturated rings. The van der Waals surface area contributed by atoms with E-state index < -0.39 is 26.2 Å². The van der Waals surface area contributed by atoms with Crippen LogP contribution in [-0.4, -0.2) is 43.4 Å². The summed E-state index contributed by atoms with van der Waals surface area (Å²) >= 11 is 0. The number of hydrogen-bond acceptors (Lipinski definition) is 6. The van der Waals surface area contributed by atoms with Gasteiger partial charge in [-0.2, -0.15) is 0 Å². The van der Waals surface area contributed by atoms with E-state index in [1.807, 2.05) is 0 Å². The van der Waals surface area contributed by atoms with Gasteiger partial charge in [-0.1, -0.05) is 4.57 Å². The van der Waals surface area contributed by atoms with Gasteiger partial charge in [-0.15, -0.1) is 0 Å². The fourth-order valence-electron chi connectivity index (χ4n) is 0.823. The van der Waals surface area contributed by atoms with Gasteiger partial charge in [0.2, 0.25) is 6.35 Å². The lowest BCUT2D eigenvalue weighted by atomic mass is 10.4. The van der Waals surface area contributed by atoms with E-state index >= 15 is 0 Å². The predicted octanol–water partition coefficient (Wildman–Crippen LogP) is 0.567. The molecule has 0 aliphatic carbocycles. The Kier molecular flexibility index (Phi) is 7.92. The maximum atomic E-state index is 11.2. The Balaban J connectivity index is 4.59. The van der Waals surface area contributed by atoms with Crippen molar-refractivity contribution in [1.82, 2.24) is 5.32 Å². The second-order valence-corrected chi connectivity index (χ2v) is 4.37. The summed E-state index contributed by atoms with van der Waals surface area (Å²) in [5.74, 6) is -0.778. The van der Waals surface area contributed by atoms with Crippen LogP contribution < -0.4 is 5.32 Å². The van der Waals surface area contributed by atoms with Crippen LogP contribution in [0.2, 0.25) is 0 Å². The van der Waals surface area contributed by atoms with Crippen LogP contribution in [0.25, 0.3) is 0 Å². The fourth-order valence-corrected chi connectivity index (χ4v) is 1.33. The molecule has 96 valence electrons. The fraction of sp³-hybridized carbons (Fsp3) is 0.556. The molecule has 0 aliphatic rings. The largest absolute Gasteiger partial charge is 0.464 e. The number of esters is 1. The van der Waals surface area contributed by atoms with Crippen LogP contribution in [0.5, 0.6) is 0 Å². The first-order chi connectivity index (χ1) is 8.04. The molecule has 0 bridgehead atoms. The Morgan fingerprint density at radius 1 is 1.47 bits per heavy atom. The zero-order valence-electron chi connectivity index (χ0n) is 9.63. The monoisotopic (exact) mass is 264 g/mol. The van der Waals surface area contributed by atoms with E-state index in [0.29, 0.717) is 0 Å². The van der Waals surface area contributed by atoms with E-state index in [1.54, 1.807) is 6.92 Å². The summed E-state index contributed by atoms with van der Waals surface area (Å²) < 4.78 is 20.0. The second kappa shape index (κ2) is 8.66. The summed E-state index contributed by atoms with van der Waals surface area (Å²) in [4.78, 5) is 22.3. The molecule has 0 saturated heterocycles. The van der Waals surface area contributed by atoms with Gasteiger partial charge in [-0.3, -0.25) is 5.32 Å². The third-order valence-electron chi connectivity index (χ3n) is 1.57. The van der Waals surface area contributed by atoms with Gasteiger partial charge < -0.3 is 14.6 Å². The first-order valence-electron chi connectivity index (χ1n) is 4.80. The maximum Gasteiger partial charge on any atom is 0.411 e. The number of amides is 1. The van der Waals surface area contributed by atoms with Gasteiger partial charge >= 0.3 is 19.9 Å². The molecule has 0 aromatic heterocycles. The lowest BCUT2D eigenvalue weighted by Crippen LogP contribution is -2.28. The average molecular weight is 264 g/mol. The van der Waals surface area contributed by atoms with Gasteiger partial charge in [0.1, 0.15) is 5.70 Å². The molecule has 8 heteroatoms. The maximum absolute atomic E-state index is 11.2. The van der Waals surface area contributed by atoms with E-state index in [0.717, 1.165) is 7.11 Å². The summed E-state index contributed by atoms with van der Waals surface area (Å²) in [7, 11) is -0.696. The predicted molar refractivity (Wildman–Crippen MR) is 59.8 cm³/mol. The Hall–Kier alpha value is -1.46. The van der Waals surface area contributed by atoms with E-state index in [9.17, 15) is 14.2 Å². The van der Waals surface area contributed by atoms with Crippen LogP contribution in [0.15, 0.2) is 11.8 Å². The molecule has 0 radical (unpaired) electrons. The van der Waals surface area contributed by atoms with Crippen LogP contribution in [0.3, 0.4) is 0 Å². The van der Waals surface area contributed by atoms with Crippen molar-refractivity contribution >= 4 is 19.9 Å². The molecule has 0 spiro atoms. The van der Waals surface area contributed by atoms with Crippen molar-refractivity contribution in [3.63, 3.8) is 0 Å². The quantitative estimate of drug-likeness (QED) is 0.413. The molecule has 1 atom stereocenters. The molecule has 0 heterocycles. The molecule has 17 heavy (non-hydrogen) atoms. The van der Waals surface area contributed by atoms with Crippen molar-refractivity contribution in [3.8, 4) is 0 Å². The standard InChI is InChI=1S/C9H14NO6P/c1-3-16-9(13)10-7(8(12)15-2)4-5-17(14)6-11/h4,11H,3,5-6H2,1-2H3/p+1/b7-4-. The molecule has 0 aromatic rings. The highest BCUT2D eigenvalue weighted by Crippen LogP contribution is 2.18. The van der Waals surface area contributed by atoms with Gasteiger partial charge in [0, 0.05) is 0 Å². The van der Waals surface area contributed by atoms with E-state index in [-0.39, 0.29) is 18.5 Å². The Labute approximate surface area is 99.6 Å². The number of ether oxygens (including phenoxy) is 2. The van der Waals surface area contributed by atoms with Crippen LogP contribution in [0, 0.1) is 0 Å². The molecule has 0 aliphatic heterocycles. The lowest BCUT2D eigenvalue weighted by Gasteiger charge is -2.06. The minimum Gasteiger partial charge on any atom is -0.464 e. The highest BCUT2D eigenvalue weighted by Gasteiger charge is 2.17. The topological polar surface area (TPSA) is 102 Å². The highest BCUT2D eigenvalue weighted by molar-refractivity contribution is 7.44. The summed E-state index contributed by atoms with van der Waals surface area (Å²) in [6.07, 6.45) is -0.108. The van der Waals surface area contributed by atoms with Crippen LogP contribution in [0.4, 0.5) is 4.79 Å². The molecule has 2 N–H and O–H groups in total. The number of carbonyl (C=O) groups is 2. The molecular formula is C9H15NO6P+. The number of carbonyl (C=O) groups excluding carboxylic acids is 2. The number of aliphatic hydroxyl groups excluding tert-OH is 1. The summed E-state index contributed by atoms with van der Waals surface area (Å²) in [5.41, 5.74) is -0.164. The van der Waals surface area contributed by atoms with Gasteiger partial charge in [0.05, 0.1) is 13.7 Å². The molecule has 0 saturated carbocycles. The van der Waals surface area contributed by atoms with Crippen LogP contribution in [0.1, 0.15) is 6.92 Å². The molecule has 1 unspecified atom stereocenters. The van der Waals surface area contributed by atoms with Crippen LogP contribution in [-0.2, 0) is 18.8 Å². The number of allylic oxidation sites excluding steroid dienone is 1. The van der Waals surface area contributed by atoms with Gasteiger partial charge in [-0.05, 0) is 13.0 Å². The van der Waals surface area contributed by atoms with E-state index in [2.05, 4.69) is 14.8 Å². The summed E-state index contributed by atoms with van der Waals surface area (Å²) in [6.45, 7) is 1.77. The van der Waals surface area contributed by atoms with E-state index in [4.69, 9.17) is 5.11 Å². The van der Waals surface area contributed by atoms with Gasteiger partial charge in [-0.25, -0.2) is 9.59 Å². The number of alkyl carbamates (subject to hydrolysis) is 1.